The summed E-state index contributed by atoms with van der Waals surface area (Å²) in [6, 6.07) is 5.97. The van der Waals surface area contributed by atoms with Gasteiger partial charge in [0.15, 0.2) is 0 Å². The average molecular weight is 387 g/mol. The van der Waals surface area contributed by atoms with Crippen LogP contribution in [0.1, 0.15) is 11.1 Å². The fourth-order valence-corrected chi connectivity index (χ4v) is 2.43. The van der Waals surface area contributed by atoms with E-state index in [1.54, 1.807) is 12.1 Å². The number of methoxy groups -OCH3 is 1. The molecule has 4 nitrogen and oxygen atoms in total. The Balaban J connectivity index is 2.11. The highest BCUT2D eigenvalue weighted by atomic mass is 19.4. The summed E-state index contributed by atoms with van der Waals surface area (Å²) in [5, 5.41) is 2.89. The molecule has 3 rings (SSSR count). The third-order valence-electron chi connectivity index (χ3n) is 3.69. The minimum absolute atomic E-state index is 0.0475. The van der Waals surface area contributed by atoms with Crippen LogP contribution in [0.15, 0.2) is 42.7 Å². The molecule has 0 saturated carbocycles. The Bertz CT molecular complexity index is 952. The van der Waals surface area contributed by atoms with Gasteiger partial charge in [0.1, 0.15) is 17.9 Å². The van der Waals surface area contributed by atoms with Crippen LogP contribution >= 0.6 is 0 Å². The van der Waals surface area contributed by atoms with E-state index in [9.17, 15) is 26.3 Å². The van der Waals surface area contributed by atoms with Crippen molar-refractivity contribution in [3.63, 3.8) is 0 Å². The molecule has 0 aliphatic rings. The highest BCUT2D eigenvalue weighted by Crippen LogP contribution is 2.38. The van der Waals surface area contributed by atoms with Gasteiger partial charge in [-0.3, -0.25) is 0 Å². The van der Waals surface area contributed by atoms with Crippen molar-refractivity contribution in [1.29, 1.82) is 0 Å². The number of ether oxygens (including phenoxy) is 1. The van der Waals surface area contributed by atoms with Crippen molar-refractivity contribution in [1.82, 2.24) is 9.97 Å². The van der Waals surface area contributed by atoms with E-state index in [0.29, 0.717) is 28.8 Å². The van der Waals surface area contributed by atoms with E-state index in [1.165, 1.54) is 13.2 Å². The predicted molar refractivity (Wildman–Crippen MR) is 85.8 cm³/mol. The second kappa shape index (κ2) is 6.60. The molecule has 142 valence electrons. The van der Waals surface area contributed by atoms with Crippen molar-refractivity contribution in [3.8, 4) is 5.75 Å². The number of hydrogen-bond donors (Lipinski definition) is 1. The van der Waals surface area contributed by atoms with Crippen molar-refractivity contribution < 1.29 is 31.1 Å². The van der Waals surface area contributed by atoms with E-state index in [2.05, 4.69) is 15.3 Å². The smallest absolute Gasteiger partial charge is 0.416 e. The zero-order chi connectivity index (χ0) is 19.8. The summed E-state index contributed by atoms with van der Waals surface area (Å²) in [5.74, 6) is 0.478. The molecule has 0 saturated heterocycles. The molecule has 3 aromatic rings. The Morgan fingerprint density at radius 3 is 2.04 bits per heavy atom. The fourth-order valence-electron chi connectivity index (χ4n) is 2.43. The van der Waals surface area contributed by atoms with Gasteiger partial charge in [-0.2, -0.15) is 26.3 Å². The lowest BCUT2D eigenvalue weighted by atomic mass is 10.1. The maximum absolute atomic E-state index is 13.0. The highest BCUT2D eigenvalue weighted by Gasteiger charge is 2.37. The summed E-state index contributed by atoms with van der Waals surface area (Å²) in [5.41, 5.74) is -2.80. The van der Waals surface area contributed by atoms with Crippen LogP contribution in [0.4, 0.5) is 37.8 Å². The number of nitrogens with zero attached hydrogens (tertiary/aromatic N) is 2. The molecule has 0 amide bonds. The fraction of sp³-hybridized carbons (Fsp3) is 0.176. The molecule has 0 aliphatic heterocycles. The lowest BCUT2D eigenvalue weighted by Gasteiger charge is -2.15. The van der Waals surface area contributed by atoms with Crippen molar-refractivity contribution in [2.24, 2.45) is 0 Å². The maximum atomic E-state index is 13.0. The Morgan fingerprint density at radius 2 is 1.48 bits per heavy atom. The molecule has 0 unspecified atom stereocenters. The molecule has 2 aromatic carbocycles. The summed E-state index contributed by atoms with van der Waals surface area (Å²) in [7, 11) is 1.42. The first-order valence-electron chi connectivity index (χ1n) is 7.43. The third kappa shape index (κ3) is 4.04. The van der Waals surface area contributed by atoms with Crippen molar-refractivity contribution in [2.45, 2.75) is 12.4 Å². The highest BCUT2D eigenvalue weighted by molar-refractivity contribution is 5.91. The normalized spacial score (nSPS) is 12.3. The number of anilines is 2. The Hall–Kier alpha value is -3.04. The Kier molecular flexibility index (Phi) is 4.58. The number of benzene rings is 2. The molecule has 1 aromatic heterocycles. The number of rotatable bonds is 3. The molecule has 1 heterocycles. The van der Waals surface area contributed by atoms with Crippen molar-refractivity contribution in [2.75, 3.05) is 12.4 Å². The van der Waals surface area contributed by atoms with Gasteiger partial charge >= 0.3 is 12.4 Å². The Morgan fingerprint density at radius 1 is 0.852 bits per heavy atom. The first kappa shape index (κ1) is 18.7. The van der Waals surface area contributed by atoms with E-state index < -0.39 is 29.2 Å². The van der Waals surface area contributed by atoms with Gasteiger partial charge in [-0.25, -0.2) is 9.97 Å². The monoisotopic (exact) mass is 387 g/mol. The number of fused-ring (bicyclic) bond motifs is 1. The average Bonchev–Trinajstić information content (AvgIpc) is 2.60. The third-order valence-corrected chi connectivity index (χ3v) is 3.69. The number of nitrogens with one attached hydrogen (secondary N) is 1. The van der Waals surface area contributed by atoms with Gasteiger partial charge in [0.25, 0.3) is 0 Å². The second-order valence-corrected chi connectivity index (χ2v) is 5.52. The van der Waals surface area contributed by atoms with E-state index >= 15 is 0 Å². The van der Waals surface area contributed by atoms with Crippen LogP contribution in [0.3, 0.4) is 0 Å². The van der Waals surface area contributed by atoms with Crippen molar-refractivity contribution in [3.05, 3.63) is 53.9 Å². The van der Waals surface area contributed by atoms with Gasteiger partial charge in [-0.05, 0) is 36.4 Å². The minimum atomic E-state index is -4.94. The molecule has 0 aliphatic carbocycles. The lowest BCUT2D eigenvalue weighted by Crippen LogP contribution is -2.11. The van der Waals surface area contributed by atoms with Gasteiger partial charge in [-0.15, -0.1) is 0 Å². The summed E-state index contributed by atoms with van der Waals surface area (Å²) >= 11 is 0. The zero-order valence-corrected chi connectivity index (χ0v) is 13.6. The lowest BCUT2D eigenvalue weighted by molar-refractivity contribution is -0.143. The van der Waals surface area contributed by atoms with Crippen molar-refractivity contribution >= 4 is 22.4 Å². The van der Waals surface area contributed by atoms with E-state index in [1.807, 2.05) is 0 Å². The first-order valence-corrected chi connectivity index (χ1v) is 7.43. The summed E-state index contributed by atoms with van der Waals surface area (Å²) in [6.07, 6.45) is -8.72. The van der Waals surface area contributed by atoms with Gasteiger partial charge in [0.2, 0.25) is 0 Å². The van der Waals surface area contributed by atoms with Gasteiger partial charge in [-0.1, -0.05) is 0 Å². The summed E-state index contributed by atoms with van der Waals surface area (Å²) in [6.45, 7) is 0. The van der Waals surface area contributed by atoms with Crippen LogP contribution in [0.25, 0.3) is 10.9 Å². The largest absolute Gasteiger partial charge is 0.497 e. The molecule has 1 N–H and O–H groups in total. The minimum Gasteiger partial charge on any atom is -0.497 e. The molecular formula is C17H11F6N3O. The summed E-state index contributed by atoms with van der Waals surface area (Å²) < 4.78 is 83.0. The van der Waals surface area contributed by atoms with E-state index in [0.717, 1.165) is 6.33 Å². The van der Waals surface area contributed by atoms with Gasteiger partial charge < -0.3 is 10.1 Å². The van der Waals surface area contributed by atoms with Gasteiger partial charge in [0.05, 0.1) is 23.8 Å². The van der Waals surface area contributed by atoms with Gasteiger partial charge in [0, 0.05) is 11.1 Å². The Labute approximate surface area is 148 Å². The standard InChI is InChI=1S/C17H11F6N3O/c1-27-12-2-3-14-13(7-12)15(25-8-24-14)26-11-5-9(16(18,19)20)4-10(6-11)17(21,22)23/h2-8H,1H3,(H,24,25,26). The first-order chi connectivity index (χ1) is 12.6. The molecule has 0 radical (unpaired) electrons. The summed E-state index contributed by atoms with van der Waals surface area (Å²) in [4.78, 5) is 7.93. The number of halogens is 6. The zero-order valence-electron chi connectivity index (χ0n) is 13.6. The van der Waals surface area contributed by atoms with E-state index in [4.69, 9.17) is 4.74 Å². The molecule has 10 heteroatoms. The number of aromatic nitrogens is 2. The topological polar surface area (TPSA) is 47.0 Å². The second-order valence-electron chi connectivity index (χ2n) is 5.52. The SMILES string of the molecule is COc1ccc2ncnc(Nc3cc(C(F)(F)F)cc(C(F)(F)F)c3)c2c1. The van der Waals surface area contributed by atoms with E-state index in [-0.39, 0.29) is 11.9 Å². The van der Waals surface area contributed by atoms with Crippen LogP contribution in [-0.4, -0.2) is 17.1 Å². The van der Waals surface area contributed by atoms with Crippen LogP contribution < -0.4 is 10.1 Å². The molecule has 0 bridgehead atoms. The predicted octanol–water partition coefficient (Wildman–Crippen LogP) is 5.42. The molecule has 0 fully saturated rings. The molecule has 27 heavy (non-hydrogen) atoms. The van der Waals surface area contributed by atoms with Crippen LogP contribution in [-0.2, 0) is 12.4 Å². The van der Waals surface area contributed by atoms with Crippen LogP contribution in [0.5, 0.6) is 5.75 Å². The molecule has 0 spiro atoms. The molecule has 0 atom stereocenters. The number of alkyl halides is 6. The van der Waals surface area contributed by atoms with Crippen LogP contribution in [0.2, 0.25) is 0 Å². The van der Waals surface area contributed by atoms with Crippen LogP contribution in [0, 0.1) is 0 Å². The number of hydrogen-bond acceptors (Lipinski definition) is 4. The maximum Gasteiger partial charge on any atom is 0.416 e. The quantitative estimate of drug-likeness (QED) is 0.610. The molecular weight excluding hydrogens is 376 g/mol.